The van der Waals surface area contributed by atoms with Crippen LogP contribution in [0.1, 0.15) is 89.0 Å². The van der Waals surface area contributed by atoms with E-state index in [4.69, 9.17) is 4.74 Å². The molecular weight excluding hydrogens is 442 g/mol. The summed E-state index contributed by atoms with van der Waals surface area (Å²) in [6.07, 6.45) is 15.5. The second kappa shape index (κ2) is 11.8. The largest absolute Gasteiger partial charge is 0.381 e. The molecule has 0 aromatic heterocycles. The molecule has 5 rings (SSSR count). The monoisotopic (exact) mass is 489 g/mol. The van der Waals surface area contributed by atoms with Crippen molar-refractivity contribution >= 4 is 23.8 Å². The van der Waals surface area contributed by atoms with Gasteiger partial charge in [0.2, 0.25) is 0 Å². The second-order valence-electron chi connectivity index (χ2n) is 11.5. The fourth-order valence-corrected chi connectivity index (χ4v) is 6.72. The molecular formula is C29H48ClN3O. The highest BCUT2D eigenvalue weighted by molar-refractivity contribution is 5.85. The van der Waals surface area contributed by atoms with Crippen molar-refractivity contribution in [2.24, 2.45) is 5.41 Å². The van der Waals surface area contributed by atoms with Crippen molar-refractivity contribution in [3.8, 4) is 0 Å². The van der Waals surface area contributed by atoms with Gasteiger partial charge in [0, 0.05) is 57.8 Å². The van der Waals surface area contributed by atoms with Crippen LogP contribution in [0.25, 0.3) is 0 Å². The van der Waals surface area contributed by atoms with Gasteiger partial charge in [0.1, 0.15) is 0 Å². The first-order valence-electron chi connectivity index (χ1n) is 14.1. The van der Waals surface area contributed by atoms with E-state index in [9.17, 15) is 0 Å². The first kappa shape index (κ1) is 26.1. The second-order valence-corrected chi connectivity index (χ2v) is 11.5. The van der Waals surface area contributed by atoms with Gasteiger partial charge < -0.3 is 14.5 Å². The number of hydrogen-bond acceptors (Lipinski definition) is 4. The lowest BCUT2D eigenvalue weighted by Crippen LogP contribution is -2.47. The molecule has 0 radical (unpaired) electrons. The van der Waals surface area contributed by atoms with Crippen molar-refractivity contribution in [3.63, 3.8) is 0 Å². The Labute approximate surface area is 214 Å². The van der Waals surface area contributed by atoms with E-state index in [2.05, 4.69) is 39.8 Å². The molecule has 2 saturated heterocycles. The van der Waals surface area contributed by atoms with Crippen LogP contribution in [0.2, 0.25) is 0 Å². The first-order chi connectivity index (χ1) is 16.2. The van der Waals surface area contributed by atoms with Crippen molar-refractivity contribution in [2.45, 2.75) is 89.6 Å². The Morgan fingerprint density at radius 1 is 0.853 bits per heavy atom. The third kappa shape index (κ3) is 6.05. The average molecular weight is 490 g/mol. The Hall–Kier alpha value is -0.970. The molecule has 4 aliphatic rings. The summed E-state index contributed by atoms with van der Waals surface area (Å²) in [5.41, 5.74) is 5.43. The molecule has 0 bridgehead atoms. The molecule has 1 aromatic carbocycles. The van der Waals surface area contributed by atoms with E-state index in [1.54, 1.807) is 11.3 Å². The lowest BCUT2D eigenvalue weighted by atomic mass is 9.76. The maximum absolute atomic E-state index is 5.62. The van der Waals surface area contributed by atoms with Crippen LogP contribution in [0.5, 0.6) is 0 Å². The zero-order chi connectivity index (χ0) is 22.7. The number of benzene rings is 1. The molecule has 2 aliphatic carbocycles. The van der Waals surface area contributed by atoms with Gasteiger partial charge in [-0.2, -0.15) is 0 Å². The molecule has 2 aliphatic heterocycles. The number of anilines is 2. The Morgan fingerprint density at radius 3 is 2.18 bits per heavy atom. The number of hydrogen-bond donors (Lipinski definition) is 0. The molecule has 0 unspecified atom stereocenters. The number of piperazine rings is 1. The number of rotatable bonds is 8. The van der Waals surface area contributed by atoms with E-state index in [-0.39, 0.29) is 12.4 Å². The quantitative estimate of drug-likeness (QED) is 0.389. The van der Waals surface area contributed by atoms with Crippen molar-refractivity contribution in [3.05, 3.63) is 23.8 Å². The number of nitrogens with zero attached hydrogens (tertiary/aromatic N) is 3. The predicted molar refractivity (Wildman–Crippen MR) is 147 cm³/mol. The van der Waals surface area contributed by atoms with Crippen molar-refractivity contribution in [1.82, 2.24) is 4.90 Å². The normalized spacial score (nSPS) is 23.8. The molecule has 2 heterocycles. The molecule has 0 amide bonds. The van der Waals surface area contributed by atoms with Gasteiger partial charge in [0.15, 0.2) is 0 Å². The van der Waals surface area contributed by atoms with Gasteiger partial charge in [-0.05, 0) is 99.4 Å². The lowest BCUT2D eigenvalue weighted by molar-refractivity contribution is 0.0819. The van der Waals surface area contributed by atoms with Gasteiger partial charge in [0.25, 0.3) is 0 Å². The van der Waals surface area contributed by atoms with E-state index < -0.39 is 0 Å². The summed E-state index contributed by atoms with van der Waals surface area (Å²) in [5, 5.41) is 0. The fraction of sp³-hybridized carbons (Fsp3) is 0.793. The SMILES string of the molecule is CCCCCN1CCN(c2ccc(N3CCC(OC)CC3)cc2C2CCC3(CC2)CC3)CC1.Cl. The fourth-order valence-electron chi connectivity index (χ4n) is 6.72. The number of methoxy groups -OCH3 is 1. The van der Waals surface area contributed by atoms with E-state index in [0.29, 0.717) is 6.10 Å². The molecule has 0 N–H and O–H groups in total. The van der Waals surface area contributed by atoms with Gasteiger partial charge >= 0.3 is 0 Å². The van der Waals surface area contributed by atoms with Crippen LogP contribution in [0.4, 0.5) is 11.4 Å². The van der Waals surface area contributed by atoms with Crippen LogP contribution >= 0.6 is 12.4 Å². The molecule has 4 fully saturated rings. The van der Waals surface area contributed by atoms with Crippen LogP contribution in [0, 0.1) is 5.41 Å². The van der Waals surface area contributed by atoms with Gasteiger partial charge in [0.05, 0.1) is 6.10 Å². The van der Waals surface area contributed by atoms with Crippen LogP contribution in [-0.4, -0.2) is 63.9 Å². The highest BCUT2D eigenvalue weighted by Crippen LogP contribution is 2.59. The van der Waals surface area contributed by atoms with E-state index in [1.807, 2.05) is 7.11 Å². The summed E-state index contributed by atoms with van der Waals surface area (Å²) in [5.74, 6) is 0.755. The van der Waals surface area contributed by atoms with E-state index in [1.165, 1.54) is 96.2 Å². The number of halogens is 1. The maximum atomic E-state index is 5.62. The van der Waals surface area contributed by atoms with Crippen molar-refractivity contribution in [1.29, 1.82) is 0 Å². The highest BCUT2D eigenvalue weighted by Gasteiger charge is 2.45. The van der Waals surface area contributed by atoms with Crippen LogP contribution < -0.4 is 9.80 Å². The molecule has 192 valence electrons. The summed E-state index contributed by atoms with van der Waals surface area (Å²) in [6, 6.07) is 7.51. The minimum Gasteiger partial charge on any atom is -0.381 e. The zero-order valence-corrected chi connectivity index (χ0v) is 22.6. The summed E-state index contributed by atoms with van der Waals surface area (Å²) < 4.78 is 5.62. The van der Waals surface area contributed by atoms with Gasteiger partial charge in [-0.15, -0.1) is 12.4 Å². The highest BCUT2D eigenvalue weighted by atomic mass is 35.5. The van der Waals surface area contributed by atoms with Gasteiger partial charge in [-0.25, -0.2) is 0 Å². The number of piperidine rings is 1. The molecule has 4 nitrogen and oxygen atoms in total. The van der Waals surface area contributed by atoms with Crippen LogP contribution in [-0.2, 0) is 4.74 Å². The smallest absolute Gasteiger partial charge is 0.0605 e. The Kier molecular flexibility index (Phi) is 9.09. The summed E-state index contributed by atoms with van der Waals surface area (Å²) in [4.78, 5) is 8.02. The Bertz CT molecular complexity index is 757. The summed E-state index contributed by atoms with van der Waals surface area (Å²) >= 11 is 0. The standard InChI is InChI=1S/C29H47N3O.ClH/c1-3-4-5-16-30-19-21-32(22-20-30)28-7-6-25(31-17-10-26(33-2)11-18-31)23-27(28)24-8-12-29(13-9-24)14-15-29;/h6-7,23-24,26H,3-5,8-22H2,1-2H3;1H. The van der Waals surface area contributed by atoms with Crippen molar-refractivity contribution in [2.75, 3.05) is 62.7 Å². The van der Waals surface area contributed by atoms with Gasteiger partial charge in [-0.1, -0.05) is 19.8 Å². The van der Waals surface area contributed by atoms with Gasteiger partial charge in [-0.3, -0.25) is 4.90 Å². The zero-order valence-electron chi connectivity index (χ0n) is 21.8. The first-order valence-corrected chi connectivity index (χ1v) is 14.1. The molecule has 5 heteroatoms. The van der Waals surface area contributed by atoms with Crippen LogP contribution in [0.3, 0.4) is 0 Å². The average Bonchev–Trinajstić information content (AvgIpc) is 3.63. The summed E-state index contributed by atoms with van der Waals surface area (Å²) in [6.45, 7) is 10.7. The van der Waals surface area contributed by atoms with Crippen molar-refractivity contribution < 1.29 is 4.74 Å². The third-order valence-corrected chi connectivity index (χ3v) is 9.39. The van der Waals surface area contributed by atoms with Crippen LogP contribution in [0.15, 0.2) is 18.2 Å². The third-order valence-electron chi connectivity index (χ3n) is 9.39. The number of ether oxygens (including phenoxy) is 1. The van der Waals surface area contributed by atoms with E-state index >= 15 is 0 Å². The molecule has 0 atom stereocenters. The Balaban J connectivity index is 0.00000274. The summed E-state index contributed by atoms with van der Waals surface area (Å²) in [7, 11) is 1.87. The minimum absolute atomic E-state index is 0. The molecule has 1 aromatic rings. The topological polar surface area (TPSA) is 19.0 Å². The van der Waals surface area contributed by atoms with E-state index in [0.717, 1.165) is 37.3 Å². The predicted octanol–water partition coefficient (Wildman–Crippen LogP) is 6.47. The molecule has 1 spiro atoms. The maximum Gasteiger partial charge on any atom is 0.0605 e. The Morgan fingerprint density at radius 2 is 1.56 bits per heavy atom. The lowest BCUT2D eigenvalue weighted by Gasteiger charge is -2.40. The minimum atomic E-state index is 0. The molecule has 34 heavy (non-hydrogen) atoms. The number of unbranched alkanes of at least 4 members (excludes halogenated alkanes) is 2. The molecule has 2 saturated carbocycles.